The maximum atomic E-state index is 11.2. The summed E-state index contributed by atoms with van der Waals surface area (Å²) in [4.78, 5) is 11.2. The Morgan fingerprint density at radius 3 is 2.53 bits per heavy atom. The molecule has 0 N–H and O–H groups in total. The summed E-state index contributed by atoms with van der Waals surface area (Å²) in [6.07, 6.45) is 5.84. The Labute approximate surface area is 93.1 Å². The van der Waals surface area contributed by atoms with Crippen molar-refractivity contribution in [3.63, 3.8) is 0 Å². The molecule has 15 heavy (non-hydrogen) atoms. The summed E-state index contributed by atoms with van der Waals surface area (Å²) in [5.74, 6) is -0.250. The molecule has 0 rings (SSSR count). The average Bonchev–Trinajstić information content (AvgIpc) is 2.21. The van der Waals surface area contributed by atoms with Crippen LogP contribution in [0.25, 0.3) is 0 Å². The van der Waals surface area contributed by atoms with Gasteiger partial charge >= 0.3 is 5.97 Å². The van der Waals surface area contributed by atoms with Crippen LogP contribution in [0.1, 0.15) is 52.9 Å². The van der Waals surface area contributed by atoms with Gasteiger partial charge in [0.25, 0.3) is 0 Å². The van der Waals surface area contributed by atoms with Crippen LogP contribution in [0, 0.1) is 0 Å². The van der Waals surface area contributed by atoms with E-state index in [1.54, 1.807) is 0 Å². The number of carbonyl (C=O) groups excluding carboxylic acids is 1. The van der Waals surface area contributed by atoms with Crippen molar-refractivity contribution in [1.29, 1.82) is 0 Å². The normalized spacial score (nSPS) is 12.5. The molecule has 0 aliphatic rings. The van der Waals surface area contributed by atoms with Crippen LogP contribution in [0.15, 0.2) is 0 Å². The van der Waals surface area contributed by atoms with Gasteiger partial charge < -0.3 is 9.47 Å². The Bertz CT molecular complexity index is 157. The fraction of sp³-hybridized carbons (Fsp3) is 0.917. The van der Waals surface area contributed by atoms with Crippen molar-refractivity contribution in [2.75, 3.05) is 13.2 Å². The monoisotopic (exact) mass is 216 g/mol. The third-order valence-electron chi connectivity index (χ3n) is 2.22. The van der Waals surface area contributed by atoms with E-state index in [9.17, 15) is 4.79 Å². The number of carbonyl (C=O) groups is 1. The zero-order valence-electron chi connectivity index (χ0n) is 10.3. The molecule has 0 aliphatic heterocycles. The zero-order chi connectivity index (χ0) is 11.5. The molecule has 0 spiro atoms. The number of ether oxygens (including phenoxy) is 2. The molecule has 0 heterocycles. The molecule has 0 saturated carbocycles. The van der Waals surface area contributed by atoms with Gasteiger partial charge in [0.2, 0.25) is 0 Å². The van der Waals surface area contributed by atoms with Gasteiger partial charge in [-0.05, 0) is 26.7 Å². The van der Waals surface area contributed by atoms with Gasteiger partial charge in [-0.25, -0.2) is 4.79 Å². The van der Waals surface area contributed by atoms with Crippen LogP contribution in [0.2, 0.25) is 0 Å². The lowest BCUT2D eigenvalue weighted by Crippen LogP contribution is -2.19. The number of unbranched alkanes of at least 4 members (excludes halogenated alkanes) is 3. The van der Waals surface area contributed by atoms with E-state index in [0.717, 1.165) is 12.8 Å². The fourth-order valence-electron chi connectivity index (χ4n) is 1.36. The highest BCUT2D eigenvalue weighted by Gasteiger charge is 2.08. The minimum Gasteiger partial charge on any atom is -0.461 e. The molecule has 0 aliphatic carbocycles. The third kappa shape index (κ3) is 9.73. The Morgan fingerprint density at radius 1 is 1.20 bits per heavy atom. The lowest BCUT2D eigenvalue weighted by molar-refractivity contribution is -0.153. The quantitative estimate of drug-likeness (QED) is 0.439. The van der Waals surface area contributed by atoms with E-state index in [-0.39, 0.29) is 18.7 Å². The van der Waals surface area contributed by atoms with Gasteiger partial charge in [0.1, 0.15) is 6.61 Å². The van der Waals surface area contributed by atoms with Crippen molar-refractivity contribution in [2.45, 2.75) is 59.0 Å². The number of hydrogen-bond acceptors (Lipinski definition) is 3. The molecule has 3 heteroatoms. The largest absolute Gasteiger partial charge is 0.461 e. The first-order valence-corrected chi connectivity index (χ1v) is 5.97. The van der Waals surface area contributed by atoms with E-state index >= 15 is 0 Å². The van der Waals surface area contributed by atoms with Gasteiger partial charge in [0.05, 0.1) is 6.10 Å². The van der Waals surface area contributed by atoms with Crippen LogP contribution in [0.5, 0.6) is 0 Å². The molecule has 0 saturated heterocycles. The van der Waals surface area contributed by atoms with Gasteiger partial charge in [-0.2, -0.15) is 0 Å². The maximum absolute atomic E-state index is 11.2. The van der Waals surface area contributed by atoms with Gasteiger partial charge in [0, 0.05) is 6.61 Å². The first kappa shape index (κ1) is 14.4. The summed E-state index contributed by atoms with van der Waals surface area (Å²) in [5, 5.41) is 0. The molecular weight excluding hydrogens is 192 g/mol. The maximum Gasteiger partial charge on any atom is 0.332 e. The molecule has 1 atom stereocenters. The number of rotatable bonds is 9. The van der Waals surface area contributed by atoms with Crippen molar-refractivity contribution >= 4 is 5.97 Å². The lowest BCUT2D eigenvalue weighted by Gasteiger charge is -2.12. The number of esters is 1. The molecule has 0 amide bonds. The second-order valence-corrected chi connectivity index (χ2v) is 3.79. The van der Waals surface area contributed by atoms with E-state index < -0.39 is 0 Å². The minimum absolute atomic E-state index is 0.0230. The lowest BCUT2D eigenvalue weighted by atomic mass is 10.1. The second-order valence-electron chi connectivity index (χ2n) is 3.79. The van der Waals surface area contributed by atoms with Crippen LogP contribution in [0.3, 0.4) is 0 Å². The standard InChI is InChI=1S/C12H24O3/c1-4-6-7-8-9-11(3)15-12(13)10-14-5-2/h11H,4-10H2,1-3H3. The van der Waals surface area contributed by atoms with Gasteiger partial charge in [-0.15, -0.1) is 0 Å². The Hall–Kier alpha value is -0.570. The Kier molecular flexibility index (Phi) is 9.59. The summed E-state index contributed by atoms with van der Waals surface area (Å²) in [5.41, 5.74) is 0. The molecule has 1 unspecified atom stereocenters. The van der Waals surface area contributed by atoms with Crippen LogP contribution in [0.4, 0.5) is 0 Å². The van der Waals surface area contributed by atoms with Crippen molar-refractivity contribution in [2.24, 2.45) is 0 Å². The highest BCUT2D eigenvalue weighted by molar-refractivity contribution is 5.70. The Balaban J connectivity index is 3.38. The van der Waals surface area contributed by atoms with Crippen LogP contribution in [-0.4, -0.2) is 25.3 Å². The summed E-state index contributed by atoms with van der Waals surface area (Å²) in [6.45, 7) is 6.62. The highest BCUT2D eigenvalue weighted by Crippen LogP contribution is 2.07. The minimum atomic E-state index is -0.250. The number of hydrogen-bond donors (Lipinski definition) is 0. The SMILES string of the molecule is CCCCCCC(C)OC(=O)COCC. The van der Waals surface area contributed by atoms with Gasteiger partial charge in [-0.3, -0.25) is 0 Å². The van der Waals surface area contributed by atoms with Gasteiger partial charge in [-0.1, -0.05) is 26.2 Å². The third-order valence-corrected chi connectivity index (χ3v) is 2.22. The highest BCUT2D eigenvalue weighted by atomic mass is 16.6. The first-order valence-electron chi connectivity index (χ1n) is 5.97. The van der Waals surface area contributed by atoms with Crippen molar-refractivity contribution in [1.82, 2.24) is 0 Å². The predicted molar refractivity (Wildman–Crippen MR) is 60.8 cm³/mol. The summed E-state index contributed by atoms with van der Waals surface area (Å²) < 4.78 is 10.1. The molecule has 0 aromatic rings. The molecule has 0 fully saturated rings. The summed E-state index contributed by atoms with van der Waals surface area (Å²) in [7, 11) is 0. The molecule has 0 radical (unpaired) electrons. The average molecular weight is 216 g/mol. The second kappa shape index (κ2) is 9.97. The summed E-state index contributed by atoms with van der Waals surface area (Å²) in [6, 6.07) is 0. The van der Waals surface area contributed by atoms with E-state index in [1.807, 2.05) is 13.8 Å². The van der Waals surface area contributed by atoms with Crippen molar-refractivity contribution < 1.29 is 14.3 Å². The molecular formula is C12H24O3. The van der Waals surface area contributed by atoms with E-state index in [4.69, 9.17) is 9.47 Å². The van der Waals surface area contributed by atoms with Crippen LogP contribution in [-0.2, 0) is 14.3 Å². The van der Waals surface area contributed by atoms with Crippen molar-refractivity contribution in [3.8, 4) is 0 Å². The van der Waals surface area contributed by atoms with Gasteiger partial charge in [0.15, 0.2) is 0 Å². The molecule has 0 aromatic heterocycles. The zero-order valence-corrected chi connectivity index (χ0v) is 10.3. The van der Waals surface area contributed by atoms with E-state index in [0.29, 0.717) is 6.61 Å². The molecule has 0 bridgehead atoms. The fourth-order valence-corrected chi connectivity index (χ4v) is 1.36. The summed E-state index contributed by atoms with van der Waals surface area (Å²) >= 11 is 0. The molecule has 0 aromatic carbocycles. The molecule has 90 valence electrons. The smallest absolute Gasteiger partial charge is 0.332 e. The van der Waals surface area contributed by atoms with Crippen LogP contribution >= 0.6 is 0 Å². The van der Waals surface area contributed by atoms with Crippen LogP contribution < -0.4 is 0 Å². The van der Waals surface area contributed by atoms with Crippen molar-refractivity contribution in [3.05, 3.63) is 0 Å². The first-order chi connectivity index (χ1) is 7.20. The molecule has 3 nitrogen and oxygen atoms in total. The van der Waals surface area contributed by atoms with E-state index in [2.05, 4.69) is 6.92 Å². The topological polar surface area (TPSA) is 35.5 Å². The Morgan fingerprint density at radius 2 is 1.93 bits per heavy atom. The predicted octanol–water partition coefficient (Wildman–Crippen LogP) is 2.93. The van der Waals surface area contributed by atoms with E-state index in [1.165, 1.54) is 19.3 Å².